The van der Waals surface area contributed by atoms with Gasteiger partial charge in [0.25, 0.3) is 10.2 Å². The number of nitrogens with zero attached hydrogens (tertiary/aromatic N) is 2. The van der Waals surface area contributed by atoms with E-state index in [4.69, 9.17) is 5.73 Å². The largest absolute Gasteiger partial charge is 0.328 e. The SMILES string of the molecule is CC1CCCN(S(=O)(=O)N(C)C2CCC(N)CC2)C1. The summed E-state index contributed by atoms with van der Waals surface area (Å²) in [5.74, 6) is 0.469. The van der Waals surface area contributed by atoms with E-state index in [9.17, 15) is 8.42 Å². The first-order valence-electron chi connectivity index (χ1n) is 7.40. The fourth-order valence-electron chi connectivity index (χ4n) is 3.19. The van der Waals surface area contributed by atoms with Crippen LogP contribution in [-0.4, -0.2) is 49.2 Å². The molecule has 1 saturated heterocycles. The Kier molecular flexibility index (Phi) is 4.87. The average Bonchev–Trinajstić information content (AvgIpc) is 2.39. The summed E-state index contributed by atoms with van der Waals surface area (Å²) in [6.45, 7) is 3.46. The standard InChI is InChI=1S/C13H27N3O2S/c1-11-4-3-9-16(10-11)19(17,18)15(2)13-7-5-12(14)6-8-13/h11-13H,3-10,14H2,1-2H3. The van der Waals surface area contributed by atoms with E-state index in [1.165, 1.54) is 0 Å². The first-order valence-corrected chi connectivity index (χ1v) is 8.79. The molecule has 1 aliphatic carbocycles. The normalized spacial score (nSPS) is 34.6. The summed E-state index contributed by atoms with van der Waals surface area (Å²) in [4.78, 5) is 0. The van der Waals surface area contributed by atoms with Gasteiger partial charge in [0.1, 0.15) is 0 Å². The smallest absolute Gasteiger partial charge is 0.281 e. The van der Waals surface area contributed by atoms with Crippen molar-refractivity contribution in [1.82, 2.24) is 8.61 Å². The molecule has 1 unspecified atom stereocenters. The Morgan fingerprint density at radius 2 is 1.79 bits per heavy atom. The van der Waals surface area contributed by atoms with Crippen molar-refractivity contribution in [2.24, 2.45) is 11.7 Å². The number of nitrogens with two attached hydrogens (primary N) is 1. The highest BCUT2D eigenvalue weighted by Gasteiger charge is 2.35. The van der Waals surface area contributed by atoms with E-state index in [1.54, 1.807) is 15.7 Å². The van der Waals surface area contributed by atoms with Gasteiger partial charge < -0.3 is 5.73 Å². The number of piperidine rings is 1. The summed E-state index contributed by atoms with van der Waals surface area (Å²) >= 11 is 0. The predicted octanol–water partition coefficient (Wildman–Crippen LogP) is 1.16. The van der Waals surface area contributed by atoms with Gasteiger partial charge in [-0.15, -0.1) is 0 Å². The molecule has 2 N–H and O–H groups in total. The fourth-order valence-corrected chi connectivity index (χ4v) is 4.95. The van der Waals surface area contributed by atoms with E-state index in [0.29, 0.717) is 19.0 Å². The lowest BCUT2D eigenvalue weighted by Crippen LogP contribution is -2.50. The zero-order valence-corrected chi connectivity index (χ0v) is 12.9. The van der Waals surface area contributed by atoms with Crippen LogP contribution in [0.5, 0.6) is 0 Å². The van der Waals surface area contributed by atoms with Crippen LogP contribution < -0.4 is 5.73 Å². The van der Waals surface area contributed by atoms with Crippen molar-refractivity contribution in [2.45, 2.75) is 57.5 Å². The van der Waals surface area contributed by atoms with Crippen molar-refractivity contribution in [1.29, 1.82) is 0 Å². The number of hydrogen-bond acceptors (Lipinski definition) is 3. The van der Waals surface area contributed by atoms with Gasteiger partial charge in [0.2, 0.25) is 0 Å². The molecule has 2 aliphatic rings. The van der Waals surface area contributed by atoms with Gasteiger partial charge in [0, 0.05) is 32.2 Å². The van der Waals surface area contributed by atoms with Gasteiger partial charge in [-0.3, -0.25) is 0 Å². The highest BCUT2D eigenvalue weighted by atomic mass is 32.2. The lowest BCUT2D eigenvalue weighted by atomic mass is 9.92. The highest BCUT2D eigenvalue weighted by Crippen LogP contribution is 2.26. The van der Waals surface area contributed by atoms with Crippen LogP contribution in [0.4, 0.5) is 0 Å². The molecule has 2 fully saturated rings. The lowest BCUT2D eigenvalue weighted by molar-refractivity contribution is 0.226. The second-order valence-electron chi connectivity index (χ2n) is 6.20. The minimum atomic E-state index is -3.29. The Morgan fingerprint density at radius 1 is 1.16 bits per heavy atom. The third-order valence-corrected chi connectivity index (χ3v) is 6.58. The summed E-state index contributed by atoms with van der Waals surface area (Å²) in [6, 6.07) is 0.379. The van der Waals surface area contributed by atoms with Crippen molar-refractivity contribution in [3.8, 4) is 0 Å². The number of hydrogen-bond donors (Lipinski definition) is 1. The maximum Gasteiger partial charge on any atom is 0.281 e. The summed E-state index contributed by atoms with van der Waals surface area (Å²) in [6.07, 6.45) is 5.75. The summed E-state index contributed by atoms with van der Waals surface area (Å²) < 4.78 is 28.5. The van der Waals surface area contributed by atoms with Crippen molar-refractivity contribution in [3.63, 3.8) is 0 Å². The van der Waals surface area contributed by atoms with Gasteiger partial charge in [-0.25, -0.2) is 0 Å². The van der Waals surface area contributed by atoms with Crippen molar-refractivity contribution < 1.29 is 8.42 Å². The van der Waals surface area contributed by atoms with E-state index >= 15 is 0 Å². The van der Waals surface area contributed by atoms with Gasteiger partial charge in [-0.2, -0.15) is 17.0 Å². The van der Waals surface area contributed by atoms with Crippen molar-refractivity contribution in [2.75, 3.05) is 20.1 Å². The third-order valence-electron chi connectivity index (χ3n) is 4.57. The average molecular weight is 289 g/mol. The number of rotatable bonds is 3. The third kappa shape index (κ3) is 3.48. The van der Waals surface area contributed by atoms with Gasteiger partial charge in [0.05, 0.1) is 0 Å². The second kappa shape index (κ2) is 6.08. The molecule has 0 radical (unpaired) electrons. The molecule has 1 heterocycles. The van der Waals surface area contributed by atoms with Gasteiger partial charge in [-0.05, 0) is 44.4 Å². The topological polar surface area (TPSA) is 66.6 Å². The molecule has 0 aromatic rings. The lowest BCUT2D eigenvalue weighted by Gasteiger charge is -2.38. The predicted molar refractivity (Wildman–Crippen MR) is 76.9 cm³/mol. The van der Waals surface area contributed by atoms with E-state index in [-0.39, 0.29) is 12.1 Å². The van der Waals surface area contributed by atoms with Crippen LogP contribution in [0.25, 0.3) is 0 Å². The fraction of sp³-hybridized carbons (Fsp3) is 1.00. The molecule has 112 valence electrons. The summed E-state index contributed by atoms with van der Waals surface area (Å²) in [5.41, 5.74) is 5.89. The first-order chi connectivity index (χ1) is 8.91. The van der Waals surface area contributed by atoms with E-state index in [2.05, 4.69) is 6.92 Å². The van der Waals surface area contributed by atoms with E-state index in [0.717, 1.165) is 38.5 Å². The second-order valence-corrected chi connectivity index (χ2v) is 8.19. The quantitative estimate of drug-likeness (QED) is 0.848. The summed E-state index contributed by atoms with van der Waals surface area (Å²) in [7, 11) is -1.55. The first kappa shape index (κ1) is 15.2. The zero-order chi connectivity index (χ0) is 14.0. The minimum Gasteiger partial charge on any atom is -0.328 e. The molecule has 19 heavy (non-hydrogen) atoms. The van der Waals surface area contributed by atoms with E-state index in [1.807, 2.05) is 0 Å². The molecule has 5 nitrogen and oxygen atoms in total. The molecule has 0 aromatic heterocycles. The molecule has 0 amide bonds. The molecule has 1 saturated carbocycles. The van der Waals surface area contributed by atoms with Crippen LogP contribution in [0.2, 0.25) is 0 Å². The van der Waals surface area contributed by atoms with Crippen molar-refractivity contribution >= 4 is 10.2 Å². The molecule has 0 aromatic carbocycles. The molecular formula is C13H27N3O2S. The molecular weight excluding hydrogens is 262 g/mol. The van der Waals surface area contributed by atoms with Crippen LogP contribution in [0.1, 0.15) is 45.4 Å². The summed E-state index contributed by atoms with van der Waals surface area (Å²) in [5, 5.41) is 0. The monoisotopic (exact) mass is 289 g/mol. The zero-order valence-electron chi connectivity index (χ0n) is 12.1. The van der Waals surface area contributed by atoms with Crippen LogP contribution in [0.3, 0.4) is 0 Å². The van der Waals surface area contributed by atoms with Crippen LogP contribution >= 0.6 is 0 Å². The Bertz CT molecular complexity index is 391. The molecule has 1 aliphatic heterocycles. The van der Waals surface area contributed by atoms with E-state index < -0.39 is 10.2 Å². The van der Waals surface area contributed by atoms with Gasteiger partial charge in [0.15, 0.2) is 0 Å². The van der Waals surface area contributed by atoms with Crippen LogP contribution in [-0.2, 0) is 10.2 Å². The Balaban J connectivity index is 2.02. The van der Waals surface area contributed by atoms with Gasteiger partial charge in [-0.1, -0.05) is 6.92 Å². The minimum absolute atomic E-state index is 0.127. The maximum atomic E-state index is 12.6. The Morgan fingerprint density at radius 3 is 2.37 bits per heavy atom. The Hall–Kier alpha value is -0.170. The van der Waals surface area contributed by atoms with Crippen LogP contribution in [0.15, 0.2) is 0 Å². The molecule has 1 atom stereocenters. The Labute approximate surface area is 117 Å². The van der Waals surface area contributed by atoms with Crippen molar-refractivity contribution in [3.05, 3.63) is 0 Å². The molecule has 0 bridgehead atoms. The highest BCUT2D eigenvalue weighted by molar-refractivity contribution is 7.86. The molecule has 0 spiro atoms. The van der Waals surface area contributed by atoms with Crippen LogP contribution in [0, 0.1) is 5.92 Å². The van der Waals surface area contributed by atoms with Gasteiger partial charge >= 0.3 is 0 Å². The maximum absolute atomic E-state index is 12.6. The molecule has 6 heteroatoms. The molecule has 2 rings (SSSR count).